The quantitative estimate of drug-likeness (QED) is 0.499. The van der Waals surface area contributed by atoms with Gasteiger partial charge in [-0.05, 0) is 67.8 Å². The van der Waals surface area contributed by atoms with Crippen LogP contribution in [0.3, 0.4) is 0 Å². The molecule has 1 aromatic heterocycles. The summed E-state index contributed by atoms with van der Waals surface area (Å²) in [6.07, 6.45) is 4.43. The fraction of sp³-hybridized carbons (Fsp3) is 0.407. The molecule has 0 amide bonds. The lowest BCUT2D eigenvalue weighted by Crippen LogP contribution is -2.67. The zero-order chi connectivity index (χ0) is 24.0. The highest BCUT2D eigenvalue weighted by atomic mass is 19.1. The summed E-state index contributed by atoms with van der Waals surface area (Å²) in [4.78, 5) is 20.0. The number of hydrogen-bond acceptors (Lipinski definition) is 5. The molecule has 3 fully saturated rings. The Morgan fingerprint density at radius 2 is 1.74 bits per heavy atom. The summed E-state index contributed by atoms with van der Waals surface area (Å²) in [6, 6.07) is 13.1. The highest BCUT2D eigenvalue weighted by Gasteiger charge is 2.50. The van der Waals surface area contributed by atoms with Gasteiger partial charge in [-0.2, -0.15) is 0 Å². The minimum atomic E-state index is -0.337. The van der Waals surface area contributed by atoms with Crippen LogP contribution < -0.4 is 15.8 Å². The van der Waals surface area contributed by atoms with Crippen LogP contribution in [0.1, 0.15) is 31.4 Å². The first-order valence-electron chi connectivity index (χ1n) is 12.2. The second-order valence-electron chi connectivity index (χ2n) is 10.1. The average molecular weight is 481 g/mol. The molecule has 0 bridgehead atoms. The number of rotatable bonds is 8. The van der Waals surface area contributed by atoms with Crippen molar-refractivity contribution in [2.75, 3.05) is 37.7 Å². The van der Waals surface area contributed by atoms with E-state index in [1.54, 1.807) is 22.9 Å². The fourth-order valence-electron chi connectivity index (χ4n) is 5.19. The molecule has 3 aliphatic rings. The number of hydrogen-bond donors (Lipinski definition) is 1. The minimum Gasteiger partial charge on any atom is -0.380 e. The lowest BCUT2D eigenvalue weighted by Gasteiger charge is -2.55. The van der Waals surface area contributed by atoms with E-state index in [1.807, 2.05) is 17.0 Å². The molecule has 2 aromatic carbocycles. The standard InChI is InChI=1S/C27H28F2N4O2.H2/c28-19-5-3-18(4-6-19)23-12-24(23)30-11-1-2-21-13-33(22-9-7-20(29)8-10-22)26(34)25(31-21)32-14-27(15-32)16-35-17-27;/h3-10,13,23-24,30H,1-2,11-12,14-17H2;1H/t23-,24+;/m0./s1. The first-order valence-corrected chi connectivity index (χ1v) is 12.2. The van der Waals surface area contributed by atoms with Crippen LogP contribution in [0.5, 0.6) is 0 Å². The van der Waals surface area contributed by atoms with Gasteiger partial charge in [0.2, 0.25) is 0 Å². The van der Waals surface area contributed by atoms with Gasteiger partial charge in [-0.15, -0.1) is 0 Å². The summed E-state index contributed by atoms with van der Waals surface area (Å²) in [7, 11) is 0. The summed E-state index contributed by atoms with van der Waals surface area (Å²) in [5.74, 6) is 0.351. The summed E-state index contributed by atoms with van der Waals surface area (Å²) in [5, 5.41) is 3.58. The number of aryl methyl sites for hydroxylation is 1. The summed E-state index contributed by atoms with van der Waals surface area (Å²) < 4.78 is 33.6. The Bertz CT molecular complexity index is 1270. The molecule has 2 aliphatic heterocycles. The van der Waals surface area contributed by atoms with Crippen molar-refractivity contribution in [3.8, 4) is 5.69 Å². The van der Waals surface area contributed by atoms with E-state index in [0.717, 1.165) is 57.8 Å². The first-order chi connectivity index (χ1) is 17.0. The molecule has 3 heterocycles. The highest BCUT2D eigenvalue weighted by molar-refractivity contribution is 5.46. The zero-order valence-corrected chi connectivity index (χ0v) is 19.4. The number of benzene rings is 2. The van der Waals surface area contributed by atoms with E-state index in [0.29, 0.717) is 23.5 Å². The molecule has 1 spiro atoms. The second-order valence-corrected chi connectivity index (χ2v) is 10.1. The topological polar surface area (TPSA) is 59.4 Å². The van der Waals surface area contributed by atoms with Gasteiger partial charge in [0.1, 0.15) is 11.6 Å². The van der Waals surface area contributed by atoms with E-state index in [4.69, 9.17) is 9.72 Å². The molecule has 0 unspecified atom stereocenters. The van der Waals surface area contributed by atoms with Gasteiger partial charge < -0.3 is 15.0 Å². The van der Waals surface area contributed by atoms with Crippen molar-refractivity contribution in [1.29, 1.82) is 0 Å². The molecule has 8 heteroatoms. The third-order valence-electron chi connectivity index (χ3n) is 7.32. The molecule has 1 aliphatic carbocycles. The first kappa shape index (κ1) is 22.4. The van der Waals surface area contributed by atoms with Crippen molar-refractivity contribution >= 4 is 5.82 Å². The van der Waals surface area contributed by atoms with Gasteiger partial charge in [0.05, 0.1) is 24.3 Å². The zero-order valence-electron chi connectivity index (χ0n) is 19.4. The van der Waals surface area contributed by atoms with Gasteiger partial charge in [0, 0.05) is 38.4 Å². The molecule has 6 nitrogen and oxygen atoms in total. The lowest BCUT2D eigenvalue weighted by atomic mass is 9.78. The van der Waals surface area contributed by atoms with Crippen molar-refractivity contribution in [3.63, 3.8) is 0 Å². The van der Waals surface area contributed by atoms with Crippen molar-refractivity contribution in [2.24, 2.45) is 5.41 Å². The molecule has 0 radical (unpaired) electrons. The SMILES string of the molecule is O=c1c(N2CC3(COC3)C2)nc(CCCN[C@@H]2C[C@H]2c2ccc(F)cc2)cn1-c1ccc(F)cc1.[HH]. The number of halogens is 2. The monoisotopic (exact) mass is 480 g/mol. The lowest BCUT2D eigenvalue weighted by molar-refractivity contribution is -0.127. The summed E-state index contributed by atoms with van der Waals surface area (Å²) >= 11 is 0. The van der Waals surface area contributed by atoms with Crippen LogP contribution in [0, 0.1) is 17.0 Å². The molecular formula is C27H30F2N4O2. The Morgan fingerprint density at radius 3 is 2.40 bits per heavy atom. The van der Waals surface area contributed by atoms with Crippen LogP contribution in [-0.4, -0.2) is 48.4 Å². The maximum atomic E-state index is 13.5. The van der Waals surface area contributed by atoms with Crippen LogP contribution in [-0.2, 0) is 11.2 Å². The van der Waals surface area contributed by atoms with E-state index < -0.39 is 0 Å². The maximum Gasteiger partial charge on any atom is 0.298 e. The summed E-state index contributed by atoms with van der Waals surface area (Å²) in [6.45, 7) is 3.85. The predicted octanol–water partition coefficient (Wildman–Crippen LogP) is 3.67. The van der Waals surface area contributed by atoms with Crippen LogP contribution >= 0.6 is 0 Å². The molecule has 2 atom stereocenters. The number of anilines is 1. The van der Waals surface area contributed by atoms with Crippen molar-refractivity contribution in [3.05, 3.63) is 88.0 Å². The highest BCUT2D eigenvalue weighted by Crippen LogP contribution is 2.41. The van der Waals surface area contributed by atoms with Gasteiger partial charge >= 0.3 is 0 Å². The molecule has 6 rings (SSSR count). The van der Waals surface area contributed by atoms with Gasteiger partial charge in [-0.25, -0.2) is 13.8 Å². The molecular weight excluding hydrogens is 450 g/mol. The van der Waals surface area contributed by atoms with Gasteiger partial charge in [0.25, 0.3) is 5.56 Å². The van der Waals surface area contributed by atoms with Gasteiger partial charge in [-0.1, -0.05) is 12.1 Å². The molecule has 3 aromatic rings. The van der Waals surface area contributed by atoms with Gasteiger partial charge in [-0.3, -0.25) is 9.36 Å². The predicted molar refractivity (Wildman–Crippen MR) is 131 cm³/mol. The van der Waals surface area contributed by atoms with Crippen molar-refractivity contribution < 1.29 is 14.9 Å². The summed E-state index contributed by atoms with van der Waals surface area (Å²) in [5.41, 5.74) is 2.61. The molecule has 35 heavy (non-hydrogen) atoms. The van der Waals surface area contributed by atoms with Gasteiger partial charge in [0.15, 0.2) is 5.82 Å². The van der Waals surface area contributed by atoms with E-state index in [-0.39, 0.29) is 24.0 Å². The van der Waals surface area contributed by atoms with E-state index in [2.05, 4.69) is 5.32 Å². The Labute approximate surface area is 204 Å². The molecule has 2 saturated heterocycles. The Morgan fingerprint density at radius 1 is 1.06 bits per heavy atom. The third kappa shape index (κ3) is 4.48. The van der Waals surface area contributed by atoms with E-state index in [9.17, 15) is 13.6 Å². The van der Waals surface area contributed by atoms with Crippen molar-refractivity contribution in [2.45, 2.75) is 31.2 Å². The average Bonchev–Trinajstić information content (AvgIpc) is 3.57. The Balaban J connectivity index is 0.00000267. The number of ether oxygens (including phenoxy) is 1. The Kier molecular flexibility index (Phi) is 5.65. The smallest absolute Gasteiger partial charge is 0.298 e. The second kappa shape index (κ2) is 8.84. The van der Waals surface area contributed by atoms with Crippen LogP contribution in [0.4, 0.5) is 14.6 Å². The number of aromatic nitrogens is 2. The third-order valence-corrected chi connectivity index (χ3v) is 7.32. The molecule has 1 saturated carbocycles. The fourth-order valence-corrected chi connectivity index (χ4v) is 5.19. The van der Waals surface area contributed by atoms with E-state index >= 15 is 0 Å². The van der Waals surface area contributed by atoms with Crippen LogP contribution in [0.2, 0.25) is 0 Å². The number of nitrogens with zero attached hydrogens (tertiary/aromatic N) is 3. The minimum absolute atomic E-state index is 0. The van der Waals surface area contributed by atoms with Crippen LogP contribution in [0.15, 0.2) is 59.5 Å². The normalized spacial score (nSPS) is 22.1. The maximum absolute atomic E-state index is 13.5. The largest absolute Gasteiger partial charge is 0.380 e. The number of nitrogens with one attached hydrogen (secondary N) is 1. The van der Waals surface area contributed by atoms with E-state index in [1.165, 1.54) is 29.8 Å². The Hall–Kier alpha value is -3.10. The van der Waals surface area contributed by atoms with Crippen molar-refractivity contribution in [1.82, 2.24) is 14.9 Å². The molecule has 1 N–H and O–H groups in total. The molecule has 184 valence electrons. The van der Waals surface area contributed by atoms with Crippen LogP contribution in [0.25, 0.3) is 5.69 Å².